The maximum absolute atomic E-state index is 13.0. The van der Waals surface area contributed by atoms with E-state index in [1.165, 1.54) is 0 Å². The second-order valence-electron chi connectivity index (χ2n) is 8.12. The number of benzene rings is 1. The molecule has 1 aliphatic rings. The van der Waals surface area contributed by atoms with Gasteiger partial charge >= 0.3 is 5.97 Å². The Hall–Kier alpha value is -1.59. The van der Waals surface area contributed by atoms with Crippen LogP contribution in [0.5, 0.6) is 0 Å². The van der Waals surface area contributed by atoms with Gasteiger partial charge in [0, 0.05) is 24.0 Å². The van der Waals surface area contributed by atoms with Crippen molar-refractivity contribution in [1.29, 1.82) is 0 Å². The number of amides is 1. The summed E-state index contributed by atoms with van der Waals surface area (Å²) >= 11 is 6.26. The number of halogens is 1. The van der Waals surface area contributed by atoms with E-state index in [-0.39, 0.29) is 30.3 Å². The van der Waals surface area contributed by atoms with Crippen LogP contribution in [0, 0.1) is 5.92 Å². The standard InChI is InChI=1S/C20H29ClN2O3/c1-20(2,3)26-18(24)13-23(11-10-22(4)5)19(25)16-12-15(16)14-8-6-7-9-17(14)21/h6-9,15-16H,10-13H2,1-5H3. The molecule has 5 nitrogen and oxygen atoms in total. The molecule has 0 aliphatic heterocycles. The summed E-state index contributed by atoms with van der Waals surface area (Å²) in [5.41, 5.74) is 0.449. The lowest BCUT2D eigenvalue weighted by Crippen LogP contribution is -2.42. The summed E-state index contributed by atoms with van der Waals surface area (Å²) in [4.78, 5) is 28.8. The molecule has 0 saturated heterocycles. The summed E-state index contributed by atoms with van der Waals surface area (Å²) in [7, 11) is 3.89. The van der Waals surface area contributed by atoms with Crippen LogP contribution in [0.4, 0.5) is 0 Å². The first-order valence-electron chi connectivity index (χ1n) is 8.98. The van der Waals surface area contributed by atoms with Gasteiger partial charge in [0.15, 0.2) is 0 Å². The molecular formula is C20H29ClN2O3. The van der Waals surface area contributed by atoms with Crippen molar-refractivity contribution in [2.45, 2.75) is 38.7 Å². The summed E-state index contributed by atoms with van der Waals surface area (Å²) in [6, 6.07) is 7.64. The normalized spacial score (nSPS) is 19.3. The highest BCUT2D eigenvalue weighted by molar-refractivity contribution is 6.31. The molecule has 6 heteroatoms. The van der Waals surface area contributed by atoms with Crippen LogP contribution in [0.1, 0.15) is 38.7 Å². The van der Waals surface area contributed by atoms with Gasteiger partial charge in [0.1, 0.15) is 12.1 Å². The quantitative estimate of drug-likeness (QED) is 0.682. The fourth-order valence-electron chi connectivity index (χ4n) is 2.94. The predicted octanol–water partition coefficient (Wildman–Crippen LogP) is 3.18. The minimum Gasteiger partial charge on any atom is -0.459 e. The largest absolute Gasteiger partial charge is 0.459 e. The highest BCUT2D eigenvalue weighted by atomic mass is 35.5. The van der Waals surface area contributed by atoms with Crippen molar-refractivity contribution in [1.82, 2.24) is 9.80 Å². The minimum atomic E-state index is -0.562. The molecule has 1 saturated carbocycles. The molecular weight excluding hydrogens is 352 g/mol. The maximum atomic E-state index is 13.0. The Morgan fingerprint density at radius 2 is 1.85 bits per heavy atom. The average Bonchev–Trinajstić information content (AvgIpc) is 3.29. The number of carbonyl (C=O) groups is 2. The summed E-state index contributed by atoms with van der Waals surface area (Å²) in [6.45, 7) is 6.64. The molecule has 2 atom stereocenters. The Balaban J connectivity index is 2.04. The number of carbonyl (C=O) groups excluding carboxylic acids is 2. The molecule has 0 spiro atoms. The van der Waals surface area contributed by atoms with Gasteiger partial charge in [-0.15, -0.1) is 0 Å². The van der Waals surface area contributed by atoms with Crippen molar-refractivity contribution in [3.63, 3.8) is 0 Å². The molecule has 1 aromatic rings. The zero-order valence-electron chi connectivity index (χ0n) is 16.3. The van der Waals surface area contributed by atoms with E-state index in [9.17, 15) is 9.59 Å². The van der Waals surface area contributed by atoms with E-state index in [1.54, 1.807) is 4.90 Å². The Bertz CT molecular complexity index is 655. The third-order valence-electron chi connectivity index (χ3n) is 4.28. The molecule has 1 aliphatic carbocycles. The van der Waals surface area contributed by atoms with Crippen LogP contribution >= 0.6 is 11.6 Å². The summed E-state index contributed by atoms with van der Waals surface area (Å²) in [5.74, 6) is -0.349. The number of hydrogen-bond donors (Lipinski definition) is 0. The first-order valence-corrected chi connectivity index (χ1v) is 9.36. The SMILES string of the molecule is CN(C)CCN(CC(=O)OC(C)(C)C)C(=O)C1CC1c1ccccc1Cl. The van der Waals surface area contributed by atoms with E-state index in [0.29, 0.717) is 18.1 Å². The van der Waals surface area contributed by atoms with Crippen molar-refractivity contribution < 1.29 is 14.3 Å². The Morgan fingerprint density at radius 1 is 1.19 bits per heavy atom. The number of hydrogen-bond acceptors (Lipinski definition) is 4. The van der Waals surface area contributed by atoms with E-state index < -0.39 is 5.60 Å². The smallest absolute Gasteiger partial charge is 0.326 e. The van der Waals surface area contributed by atoms with Gasteiger partial charge in [0.05, 0.1) is 0 Å². The molecule has 0 aromatic heterocycles. The van der Waals surface area contributed by atoms with E-state index in [2.05, 4.69) is 0 Å². The molecule has 1 amide bonds. The van der Waals surface area contributed by atoms with Crippen LogP contribution in [-0.4, -0.2) is 61.0 Å². The molecule has 1 aromatic carbocycles. The minimum absolute atomic E-state index is 0.00243. The molecule has 2 unspecified atom stereocenters. The van der Waals surface area contributed by atoms with Crippen LogP contribution in [0.15, 0.2) is 24.3 Å². The van der Waals surface area contributed by atoms with E-state index in [0.717, 1.165) is 12.0 Å². The topological polar surface area (TPSA) is 49.9 Å². The third kappa shape index (κ3) is 5.99. The number of nitrogens with zero attached hydrogens (tertiary/aromatic N) is 2. The highest BCUT2D eigenvalue weighted by Gasteiger charge is 2.46. The van der Waals surface area contributed by atoms with Gasteiger partial charge in [-0.3, -0.25) is 9.59 Å². The Labute approximate surface area is 161 Å². The van der Waals surface area contributed by atoms with Crippen LogP contribution in [0.2, 0.25) is 5.02 Å². The molecule has 0 heterocycles. The predicted molar refractivity (Wildman–Crippen MR) is 103 cm³/mol. The molecule has 2 rings (SSSR count). The van der Waals surface area contributed by atoms with E-state index in [4.69, 9.17) is 16.3 Å². The summed E-state index contributed by atoms with van der Waals surface area (Å²) < 4.78 is 5.39. The zero-order valence-corrected chi connectivity index (χ0v) is 17.0. The maximum Gasteiger partial charge on any atom is 0.326 e. The lowest BCUT2D eigenvalue weighted by Gasteiger charge is -2.26. The molecule has 1 fully saturated rings. The van der Waals surface area contributed by atoms with Crippen molar-refractivity contribution in [3.8, 4) is 0 Å². The van der Waals surface area contributed by atoms with Crippen LogP contribution in [0.3, 0.4) is 0 Å². The second-order valence-corrected chi connectivity index (χ2v) is 8.53. The monoisotopic (exact) mass is 380 g/mol. The number of esters is 1. The van der Waals surface area contributed by atoms with Crippen LogP contribution < -0.4 is 0 Å². The van der Waals surface area contributed by atoms with Gasteiger partial charge < -0.3 is 14.5 Å². The summed E-state index contributed by atoms with van der Waals surface area (Å²) in [5, 5.41) is 0.694. The van der Waals surface area contributed by atoms with Crippen LogP contribution in [-0.2, 0) is 14.3 Å². The van der Waals surface area contributed by atoms with Gasteiger partial charge in [-0.1, -0.05) is 29.8 Å². The molecule has 144 valence electrons. The number of ether oxygens (including phenoxy) is 1. The number of likely N-dealkylation sites (N-methyl/N-ethyl adjacent to an activating group) is 1. The molecule has 0 bridgehead atoms. The van der Waals surface area contributed by atoms with Gasteiger partial charge in [0.25, 0.3) is 0 Å². The van der Waals surface area contributed by atoms with Crippen molar-refractivity contribution in [2.24, 2.45) is 5.92 Å². The third-order valence-corrected chi connectivity index (χ3v) is 4.63. The van der Waals surface area contributed by atoms with E-state index in [1.807, 2.05) is 64.0 Å². The Kier molecular flexibility index (Phi) is 6.69. The molecule has 26 heavy (non-hydrogen) atoms. The van der Waals surface area contributed by atoms with Gasteiger partial charge in [-0.25, -0.2) is 0 Å². The first kappa shape index (κ1) is 20.7. The zero-order chi connectivity index (χ0) is 19.5. The lowest BCUT2D eigenvalue weighted by molar-refractivity contribution is -0.159. The van der Waals surface area contributed by atoms with Gasteiger partial charge in [0.2, 0.25) is 5.91 Å². The first-order chi connectivity index (χ1) is 12.1. The van der Waals surface area contributed by atoms with Crippen molar-refractivity contribution >= 4 is 23.5 Å². The van der Waals surface area contributed by atoms with E-state index >= 15 is 0 Å². The van der Waals surface area contributed by atoms with Gasteiger partial charge in [-0.05, 0) is 58.8 Å². The van der Waals surface area contributed by atoms with Crippen molar-refractivity contribution in [2.75, 3.05) is 33.7 Å². The Morgan fingerprint density at radius 3 is 2.42 bits per heavy atom. The fourth-order valence-corrected chi connectivity index (χ4v) is 3.22. The molecule has 0 radical (unpaired) electrons. The summed E-state index contributed by atoms with van der Waals surface area (Å²) in [6.07, 6.45) is 0.773. The van der Waals surface area contributed by atoms with Crippen LogP contribution in [0.25, 0.3) is 0 Å². The average molecular weight is 381 g/mol. The number of rotatable bonds is 7. The van der Waals surface area contributed by atoms with Gasteiger partial charge in [-0.2, -0.15) is 0 Å². The second kappa shape index (κ2) is 8.40. The lowest BCUT2D eigenvalue weighted by atomic mass is 10.1. The molecule has 0 N–H and O–H groups in total. The fraction of sp³-hybridized carbons (Fsp3) is 0.600. The van der Waals surface area contributed by atoms with Crippen molar-refractivity contribution in [3.05, 3.63) is 34.9 Å². The highest BCUT2D eigenvalue weighted by Crippen LogP contribution is 2.50.